The molecule has 0 spiro atoms. The van der Waals surface area contributed by atoms with E-state index in [1.54, 1.807) is 6.07 Å². The summed E-state index contributed by atoms with van der Waals surface area (Å²) < 4.78 is 4.82. The van der Waals surface area contributed by atoms with E-state index in [2.05, 4.69) is 62.6 Å². The fraction of sp³-hybridized carbons (Fsp3) is 0.400. The van der Waals surface area contributed by atoms with Crippen LogP contribution in [-0.2, 0) is 10.2 Å². The Hall–Kier alpha value is -1.92. The number of nitrogens with one attached hydrogen (secondary N) is 2. The first kappa shape index (κ1) is 20.4. The van der Waals surface area contributed by atoms with Crippen LogP contribution in [0.1, 0.15) is 60.1 Å². The molecule has 26 heavy (non-hydrogen) atoms. The van der Waals surface area contributed by atoms with Gasteiger partial charge >= 0.3 is 5.97 Å². The molecule has 2 rings (SSSR count). The average Bonchev–Trinajstić information content (AvgIpc) is 2.93. The zero-order valence-electron chi connectivity index (χ0n) is 16.1. The van der Waals surface area contributed by atoms with E-state index in [0.717, 1.165) is 10.4 Å². The second-order valence-electron chi connectivity index (χ2n) is 7.28. The maximum atomic E-state index is 11.9. The Morgan fingerprint density at radius 3 is 2.38 bits per heavy atom. The standard InChI is InChI=1S/C20H26N2O2S2/c1-12-11-16(18(23)24-6)17(26-12)22-19(25)21-13(2)14-7-9-15(10-8-14)20(3,4)5/h7-11,13H,1-6H3,(H2,21,22,25). The number of carbonyl (C=O) groups excluding carboxylic acids is 1. The number of aryl methyl sites for hydroxylation is 1. The molecule has 0 amide bonds. The fourth-order valence-electron chi connectivity index (χ4n) is 2.56. The van der Waals surface area contributed by atoms with E-state index in [0.29, 0.717) is 15.7 Å². The van der Waals surface area contributed by atoms with Crippen molar-refractivity contribution in [1.82, 2.24) is 5.32 Å². The largest absolute Gasteiger partial charge is 0.465 e. The van der Waals surface area contributed by atoms with Crippen LogP contribution in [0.4, 0.5) is 5.00 Å². The molecule has 2 N–H and O–H groups in total. The minimum Gasteiger partial charge on any atom is -0.465 e. The number of hydrogen-bond acceptors (Lipinski definition) is 4. The maximum Gasteiger partial charge on any atom is 0.340 e. The van der Waals surface area contributed by atoms with E-state index in [4.69, 9.17) is 17.0 Å². The second kappa shape index (κ2) is 8.18. The summed E-state index contributed by atoms with van der Waals surface area (Å²) in [6.45, 7) is 10.6. The van der Waals surface area contributed by atoms with Crippen LogP contribution >= 0.6 is 23.6 Å². The third-order valence-corrected chi connectivity index (χ3v) is 5.30. The van der Waals surface area contributed by atoms with Gasteiger partial charge in [-0.25, -0.2) is 4.79 Å². The highest BCUT2D eigenvalue weighted by Gasteiger charge is 2.18. The van der Waals surface area contributed by atoms with Crippen LogP contribution in [-0.4, -0.2) is 18.2 Å². The van der Waals surface area contributed by atoms with Crippen molar-refractivity contribution in [3.05, 3.63) is 51.9 Å². The number of thiophene rings is 1. The molecular weight excluding hydrogens is 364 g/mol. The molecule has 1 aromatic heterocycles. The molecule has 0 fully saturated rings. The number of hydrogen-bond donors (Lipinski definition) is 2. The number of thiocarbonyl (C=S) groups is 1. The van der Waals surface area contributed by atoms with Crippen LogP contribution in [0.25, 0.3) is 0 Å². The van der Waals surface area contributed by atoms with Crippen molar-refractivity contribution in [2.75, 3.05) is 12.4 Å². The Morgan fingerprint density at radius 1 is 1.23 bits per heavy atom. The topological polar surface area (TPSA) is 50.4 Å². The Labute approximate surface area is 165 Å². The fourth-order valence-corrected chi connectivity index (χ4v) is 3.81. The summed E-state index contributed by atoms with van der Waals surface area (Å²) in [5.74, 6) is -0.370. The Morgan fingerprint density at radius 2 is 1.85 bits per heavy atom. The Kier molecular flexibility index (Phi) is 6.42. The highest BCUT2D eigenvalue weighted by molar-refractivity contribution is 7.80. The molecule has 4 nitrogen and oxygen atoms in total. The van der Waals surface area contributed by atoms with E-state index in [1.807, 2.05) is 6.92 Å². The summed E-state index contributed by atoms with van der Waals surface area (Å²) in [7, 11) is 1.37. The van der Waals surface area contributed by atoms with Gasteiger partial charge in [-0.2, -0.15) is 0 Å². The minimum atomic E-state index is -0.370. The minimum absolute atomic E-state index is 0.0478. The van der Waals surface area contributed by atoms with Crippen molar-refractivity contribution in [1.29, 1.82) is 0 Å². The lowest BCUT2D eigenvalue weighted by atomic mass is 9.86. The predicted octanol–water partition coefficient (Wildman–Crippen LogP) is 5.19. The van der Waals surface area contributed by atoms with Gasteiger partial charge in [0.25, 0.3) is 0 Å². The second-order valence-corrected chi connectivity index (χ2v) is 8.95. The maximum absolute atomic E-state index is 11.9. The summed E-state index contributed by atoms with van der Waals surface area (Å²) in [5, 5.41) is 7.56. The molecule has 6 heteroatoms. The number of methoxy groups -OCH3 is 1. The SMILES string of the molecule is COC(=O)c1cc(C)sc1NC(=S)NC(C)c1ccc(C(C)(C)C)cc1. The van der Waals surface area contributed by atoms with Crippen LogP contribution in [0.3, 0.4) is 0 Å². The zero-order chi connectivity index (χ0) is 19.5. The molecule has 1 aromatic carbocycles. The number of ether oxygens (including phenoxy) is 1. The molecule has 0 saturated carbocycles. The summed E-state index contributed by atoms with van der Waals surface area (Å²) >= 11 is 6.90. The smallest absolute Gasteiger partial charge is 0.340 e. The van der Waals surface area contributed by atoms with Crippen molar-refractivity contribution in [2.24, 2.45) is 0 Å². The highest BCUT2D eigenvalue weighted by Crippen LogP contribution is 2.28. The quantitative estimate of drug-likeness (QED) is 0.556. The first-order valence-electron chi connectivity index (χ1n) is 8.48. The monoisotopic (exact) mass is 390 g/mol. The van der Waals surface area contributed by atoms with Gasteiger partial charge < -0.3 is 15.4 Å². The molecule has 1 heterocycles. The molecule has 0 aliphatic carbocycles. The van der Waals surface area contributed by atoms with Crippen molar-refractivity contribution in [3.8, 4) is 0 Å². The number of benzene rings is 1. The van der Waals surface area contributed by atoms with Gasteiger partial charge in [-0.3, -0.25) is 0 Å². The van der Waals surface area contributed by atoms with Gasteiger partial charge in [0.2, 0.25) is 0 Å². The van der Waals surface area contributed by atoms with Crippen LogP contribution in [0.5, 0.6) is 0 Å². The lowest BCUT2D eigenvalue weighted by molar-refractivity contribution is 0.0602. The molecule has 0 saturated heterocycles. The molecule has 140 valence electrons. The predicted molar refractivity (Wildman–Crippen MR) is 113 cm³/mol. The lowest BCUT2D eigenvalue weighted by Gasteiger charge is -2.21. The molecular formula is C20H26N2O2S2. The molecule has 1 unspecified atom stereocenters. The normalized spacial score (nSPS) is 12.4. The van der Waals surface area contributed by atoms with Crippen LogP contribution in [0, 0.1) is 6.92 Å². The van der Waals surface area contributed by atoms with Gasteiger partial charge in [0.15, 0.2) is 5.11 Å². The molecule has 0 aliphatic rings. The first-order chi connectivity index (χ1) is 12.1. The van der Waals surface area contributed by atoms with Gasteiger partial charge in [0.05, 0.1) is 18.7 Å². The zero-order valence-corrected chi connectivity index (χ0v) is 17.7. The van der Waals surface area contributed by atoms with Gasteiger partial charge in [-0.1, -0.05) is 45.0 Å². The third-order valence-electron chi connectivity index (χ3n) is 4.11. The van der Waals surface area contributed by atoms with Gasteiger partial charge in [-0.15, -0.1) is 11.3 Å². The average molecular weight is 391 g/mol. The van der Waals surface area contributed by atoms with E-state index in [9.17, 15) is 4.79 Å². The third kappa shape index (κ3) is 5.05. The van der Waals surface area contributed by atoms with Crippen molar-refractivity contribution >= 4 is 39.6 Å². The summed E-state index contributed by atoms with van der Waals surface area (Å²) in [6.07, 6.45) is 0. The molecule has 0 bridgehead atoms. The Balaban J connectivity index is 2.05. The van der Waals surface area contributed by atoms with Crippen molar-refractivity contribution in [2.45, 2.75) is 46.1 Å². The number of rotatable bonds is 4. The molecule has 0 radical (unpaired) electrons. The van der Waals surface area contributed by atoms with Crippen LogP contribution < -0.4 is 10.6 Å². The number of esters is 1. The summed E-state index contributed by atoms with van der Waals surface area (Å²) in [6, 6.07) is 10.4. The summed E-state index contributed by atoms with van der Waals surface area (Å²) in [5.41, 5.74) is 3.08. The Bertz CT molecular complexity index is 789. The van der Waals surface area contributed by atoms with Crippen LogP contribution in [0.15, 0.2) is 30.3 Å². The molecule has 0 aliphatic heterocycles. The number of anilines is 1. The van der Waals surface area contributed by atoms with E-state index in [-0.39, 0.29) is 17.4 Å². The number of carbonyl (C=O) groups is 1. The van der Waals surface area contributed by atoms with Crippen LogP contribution in [0.2, 0.25) is 0 Å². The lowest BCUT2D eigenvalue weighted by Crippen LogP contribution is -2.31. The van der Waals surface area contributed by atoms with E-state index in [1.165, 1.54) is 24.0 Å². The van der Waals surface area contributed by atoms with Gasteiger partial charge in [0.1, 0.15) is 5.00 Å². The first-order valence-corrected chi connectivity index (χ1v) is 9.71. The van der Waals surface area contributed by atoms with E-state index < -0.39 is 0 Å². The van der Waals surface area contributed by atoms with E-state index >= 15 is 0 Å². The van der Waals surface area contributed by atoms with Gasteiger partial charge in [0, 0.05) is 4.88 Å². The van der Waals surface area contributed by atoms with Gasteiger partial charge in [-0.05, 0) is 48.7 Å². The van der Waals surface area contributed by atoms with Crippen molar-refractivity contribution in [3.63, 3.8) is 0 Å². The molecule has 1 atom stereocenters. The highest BCUT2D eigenvalue weighted by atomic mass is 32.1. The van der Waals surface area contributed by atoms with Crippen molar-refractivity contribution < 1.29 is 9.53 Å². The molecule has 2 aromatic rings. The summed E-state index contributed by atoms with van der Waals surface area (Å²) in [4.78, 5) is 12.9.